The highest BCUT2D eigenvalue weighted by molar-refractivity contribution is 5.92. The van der Waals surface area contributed by atoms with Gasteiger partial charge in [0.1, 0.15) is 0 Å². The number of hydrogen-bond donors (Lipinski definition) is 1. The van der Waals surface area contributed by atoms with Gasteiger partial charge in [0.25, 0.3) is 0 Å². The minimum absolute atomic E-state index is 0.470. The SMILES string of the molecule is CN(C)CCCC(=Cc1ccccc1)C(=O)O. The molecular formula is C14H19NO2. The first-order chi connectivity index (χ1) is 8.09. The van der Waals surface area contributed by atoms with Gasteiger partial charge in [-0.1, -0.05) is 30.3 Å². The lowest BCUT2D eigenvalue weighted by Crippen LogP contribution is -2.13. The summed E-state index contributed by atoms with van der Waals surface area (Å²) in [6.45, 7) is 0.902. The first-order valence-corrected chi connectivity index (χ1v) is 5.73. The Hall–Kier alpha value is -1.61. The first-order valence-electron chi connectivity index (χ1n) is 5.73. The van der Waals surface area contributed by atoms with E-state index in [-0.39, 0.29) is 0 Å². The van der Waals surface area contributed by atoms with Crippen molar-refractivity contribution in [1.29, 1.82) is 0 Å². The van der Waals surface area contributed by atoms with Crippen LogP contribution in [0.4, 0.5) is 0 Å². The summed E-state index contributed by atoms with van der Waals surface area (Å²) in [5.41, 5.74) is 1.41. The first kappa shape index (κ1) is 13.5. The number of nitrogens with zero attached hydrogens (tertiary/aromatic N) is 1. The molecule has 0 spiro atoms. The van der Waals surface area contributed by atoms with Gasteiger partial charge in [0, 0.05) is 5.57 Å². The molecule has 1 rings (SSSR count). The smallest absolute Gasteiger partial charge is 0.331 e. The number of rotatable bonds is 6. The van der Waals surface area contributed by atoms with E-state index in [1.807, 2.05) is 44.4 Å². The predicted molar refractivity (Wildman–Crippen MR) is 69.8 cm³/mol. The van der Waals surface area contributed by atoms with Gasteiger partial charge in [-0.15, -0.1) is 0 Å². The monoisotopic (exact) mass is 233 g/mol. The highest BCUT2D eigenvalue weighted by Crippen LogP contribution is 2.12. The molecule has 0 aliphatic rings. The largest absolute Gasteiger partial charge is 0.478 e. The molecule has 1 aromatic carbocycles. The van der Waals surface area contributed by atoms with Crippen LogP contribution in [-0.4, -0.2) is 36.6 Å². The molecular weight excluding hydrogens is 214 g/mol. The summed E-state index contributed by atoms with van der Waals surface area (Å²) in [6, 6.07) is 9.56. The third-order valence-electron chi connectivity index (χ3n) is 2.47. The number of aliphatic carboxylic acids is 1. The van der Waals surface area contributed by atoms with Gasteiger partial charge < -0.3 is 10.0 Å². The average Bonchev–Trinajstić information content (AvgIpc) is 2.28. The number of benzene rings is 1. The third-order valence-corrected chi connectivity index (χ3v) is 2.47. The molecule has 0 heterocycles. The van der Waals surface area contributed by atoms with E-state index in [1.54, 1.807) is 6.08 Å². The molecule has 0 fully saturated rings. The van der Waals surface area contributed by atoms with Crippen LogP contribution in [0.1, 0.15) is 18.4 Å². The van der Waals surface area contributed by atoms with E-state index in [1.165, 1.54) is 0 Å². The summed E-state index contributed by atoms with van der Waals surface area (Å²) in [7, 11) is 3.97. The Morgan fingerprint density at radius 2 is 1.94 bits per heavy atom. The summed E-state index contributed by atoms with van der Waals surface area (Å²) in [5.74, 6) is -0.826. The summed E-state index contributed by atoms with van der Waals surface area (Å²) in [6.07, 6.45) is 3.21. The molecule has 0 aliphatic carbocycles. The molecule has 92 valence electrons. The molecule has 0 bridgehead atoms. The van der Waals surface area contributed by atoms with Crippen LogP contribution in [-0.2, 0) is 4.79 Å². The van der Waals surface area contributed by atoms with Crippen LogP contribution in [0.25, 0.3) is 6.08 Å². The second-order valence-corrected chi connectivity index (χ2v) is 4.29. The van der Waals surface area contributed by atoms with Gasteiger partial charge in [-0.3, -0.25) is 0 Å². The van der Waals surface area contributed by atoms with Crippen LogP contribution in [0.15, 0.2) is 35.9 Å². The van der Waals surface area contributed by atoms with Crippen LogP contribution in [0.3, 0.4) is 0 Å². The van der Waals surface area contributed by atoms with Crippen LogP contribution in [0.5, 0.6) is 0 Å². The van der Waals surface area contributed by atoms with E-state index >= 15 is 0 Å². The van der Waals surface area contributed by atoms with Gasteiger partial charge in [0.2, 0.25) is 0 Å². The highest BCUT2D eigenvalue weighted by Gasteiger charge is 2.07. The Kier molecular flexibility index (Phi) is 5.43. The van der Waals surface area contributed by atoms with E-state index < -0.39 is 5.97 Å². The summed E-state index contributed by atoms with van der Waals surface area (Å²) < 4.78 is 0. The minimum Gasteiger partial charge on any atom is -0.478 e. The van der Waals surface area contributed by atoms with Gasteiger partial charge in [0.05, 0.1) is 0 Å². The van der Waals surface area contributed by atoms with Gasteiger partial charge in [-0.25, -0.2) is 4.79 Å². The molecule has 0 unspecified atom stereocenters. The van der Waals surface area contributed by atoms with Gasteiger partial charge in [-0.05, 0) is 45.1 Å². The molecule has 0 radical (unpaired) electrons. The van der Waals surface area contributed by atoms with Crippen LogP contribution in [0.2, 0.25) is 0 Å². The number of hydrogen-bond acceptors (Lipinski definition) is 2. The maximum absolute atomic E-state index is 11.1. The Balaban J connectivity index is 2.66. The van der Waals surface area contributed by atoms with E-state index in [9.17, 15) is 4.79 Å². The van der Waals surface area contributed by atoms with E-state index in [4.69, 9.17) is 5.11 Å². The minimum atomic E-state index is -0.826. The standard InChI is InChI=1S/C14H19NO2/c1-15(2)10-6-9-13(14(16)17)11-12-7-4-3-5-8-12/h3-5,7-8,11H,6,9-10H2,1-2H3,(H,16,17). The zero-order valence-corrected chi connectivity index (χ0v) is 10.4. The molecule has 3 nitrogen and oxygen atoms in total. The van der Waals surface area contributed by atoms with Crippen molar-refractivity contribution >= 4 is 12.0 Å². The van der Waals surface area contributed by atoms with Crippen LogP contribution >= 0.6 is 0 Å². The second-order valence-electron chi connectivity index (χ2n) is 4.29. The van der Waals surface area contributed by atoms with Crippen molar-refractivity contribution in [3.8, 4) is 0 Å². The maximum atomic E-state index is 11.1. The molecule has 1 aromatic rings. The zero-order chi connectivity index (χ0) is 12.7. The summed E-state index contributed by atoms with van der Waals surface area (Å²) >= 11 is 0. The lowest BCUT2D eigenvalue weighted by molar-refractivity contribution is -0.132. The van der Waals surface area contributed by atoms with E-state index in [0.717, 1.165) is 18.5 Å². The summed E-state index contributed by atoms with van der Waals surface area (Å²) in [4.78, 5) is 13.2. The second kappa shape index (κ2) is 6.86. The van der Waals surface area contributed by atoms with Crippen molar-refractivity contribution in [1.82, 2.24) is 4.90 Å². The number of carboxylic acid groups (broad SMARTS) is 1. The molecule has 0 saturated heterocycles. The Morgan fingerprint density at radius 1 is 1.29 bits per heavy atom. The molecule has 1 N–H and O–H groups in total. The fourth-order valence-corrected chi connectivity index (χ4v) is 1.58. The normalized spacial score (nSPS) is 11.8. The lowest BCUT2D eigenvalue weighted by Gasteiger charge is -2.09. The fraction of sp³-hybridized carbons (Fsp3) is 0.357. The molecule has 17 heavy (non-hydrogen) atoms. The van der Waals surface area contributed by atoms with Crippen LogP contribution in [0, 0.1) is 0 Å². The van der Waals surface area contributed by atoms with Crippen molar-refractivity contribution < 1.29 is 9.90 Å². The maximum Gasteiger partial charge on any atom is 0.331 e. The molecule has 3 heteroatoms. The van der Waals surface area contributed by atoms with Crippen molar-refractivity contribution in [2.75, 3.05) is 20.6 Å². The average molecular weight is 233 g/mol. The lowest BCUT2D eigenvalue weighted by atomic mass is 10.1. The molecule has 0 saturated carbocycles. The van der Waals surface area contributed by atoms with Crippen molar-refractivity contribution in [2.24, 2.45) is 0 Å². The van der Waals surface area contributed by atoms with Crippen molar-refractivity contribution in [3.05, 3.63) is 41.5 Å². The van der Waals surface area contributed by atoms with Crippen LogP contribution < -0.4 is 0 Å². The summed E-state index contributed by atoms with van der Waals surface area (Å²) in [5, 5.41) is 9.12. The molecule has 0 amide bonds. The highest BCUT2D eigenvalue weighted by atomic mass is 16.4. The van der Waals surface area contributed by atoms with E-state index in [2.05, 4.69) is 4.90 Å². The number of carboxylic acids is 1. The third kappa shape index (κ3) is 5.31. The molecule has 0 atom stereocenters. The van der Waals surface area contributed by atoms with Gasteiger partial charge in [0.15, 0.2) is 0 Å². The Morgan fingerprint density at radius 3 is 2.47 bits per heavy atom. The van der Waals surface area contributed by atoms with Gasteiger partial charge >= 0.3 is 5.97 Å². The Labute approximate surface area is 102 Å². The predicted octanol–water partition coefficient (Wildman–Crippen LogP) is 2.50. The van der Waals surface area contributed by atoms with Crippen molar-refractivity contribution in [2.45, 2.75) is 12.8 Å². The number of carbonyl (C=O) groups is 1. The molecule has 0 aromatic heterocycles. The fourth-order valence-electron chi connectivity index (χ4n) is 1.58. The molecule has 0 aliphatic heterocycles. The van der Waals surface area contributed by atoms with E-state index in [0.29, 0.717) is 12.0 Å². The quantitative estimate of drug-likeness (QED) is 0.767. The Bertz CT molecular complexity index is 382. The van der Waals surface area contributed by atoms with Crippen molar-refractivity contribution in [3.63, 3.8) is 0 Å². The zero-order valence-electron chi connectivity index (χ0n) is 10.4. The van der Waals surface area contributed by atoms with Gasteiger partial charge in [-0.2, -0.15) is 0 Å². The topological polar surface area (TPSA) is 40.5 Å².